The number of hydrogen-bond acceptors (Lipinski definition) is 4. The molecule has 0 spiro atoms. The lowest BCUT2D eigenvalue weighted by molar-refractivity contribution is 0.392. The Morgan fingerprint density at radius 1 is 1.53 bits per heavy atom. The maximum atomic E-state index is 12.0. The summed E-state index contributed by atoms with van der Waals surface area (Å²) in [7, 11) is -3.26. The molecule has 1 aliphatic rings. The standard InChI is InChI=1S/C12H22N4O2S/c1-10(12-14-7-8-15-12)16-19(17,18)9-5-11-4-2-3-6-13-11/h7-8,10-11,13,16H,2-6,9H2,1H3,(H,14,15). The van der Waals surface area contributed by atoms with Crippen LogP contribution in [-0.2, 0) is 10.0 Å². The van der Waals surface area contributed by atoms with Gasteiger partial charge in [-0.2, -0.15) is 0 Å². The fraction of sp³-hybridized carbons (Fsp3) is 0.750. The number of piperidine rings is 1. The summed E-state index contributed by atoms with van der Waals surface area (Å²) in [5.74, 6) is 0.801. The monoisotopic (exact) mass is 286 g/mol. The molecule has 0 bridgehead atoms. The van der Waals surface area contributed by atoms with Gasteiger partial charge in [-0.15, -0.1) is 0 Å². The molecule has 19 heavy (non-hydrogen) atoms. The largest absolute Gasteiger partial charge is 0.347 e. The molecule has 2 unspecified atom stereocenters. The molecule has 108 valence electrons. The Labute approximate surface area is 114 Å². The van der Waals surface area contributed by atoms with Gasteiger partial charge < -0.3 is 10.3 Å². The van der Waals surface area contributed by atoms with Crippen LogP contribution in [0, 0.1) is 0 Å². The van der Waals surface area contributed by atoms with Gasteiger partial charge >= 0.3 is 0 Å². The van der Waals surface area contributed by atoms with Crippen molar-refractivity contribution in [3.05, 3.63) is 18.2 Å². The number of sulfonamides is 1. The van der Waals surface area contributed by atoms with Crippen LogP contribution in [0.4, 0.5) is 0 Å². The van der Waals surface area contributed by atoms with E-state index < -0.39 is 10.0 Å². The normalized spacial score (nSPS) is 22.3. The Kier molecular flexibility index (Phi) is 4.95. The van der Waals surface area contributed by atoms with Gasteiger partial charge in [-0.3, -0.25) is 0 Å². The molecule has 1 fully saturated rings. The highest BCUT2D eigenvalue weighted by atomic mass is 32.2. The highest BCUT2D eigenvalue weighted by Gasteiger charge is 2.20. The van der Waals surface area contributed by atoms with Gasteiger partial charge in [0.1, 0.15) is 5.82 Å². The number of aromatic nitrogens is 2. The summed E-state index contributed by atoms with van der Waals surface area (Å²) in [6.45, 7) is 2.79. The van der Waals surface area contributed by atoms with E-state index in [1.165, 1.54) is 12.8 Å². The molecule has 0 saturated carbocycles. The average Bonchev–Trinajstić information content (AvgIpc) is 2.91. The average molecular weight is 286 g/mol. The van der Waals surface area contributed by atoms with Gasteiger partial charge in [0.15, 0.2) is 0 Å². The lowest BCUT2D eigenvalue weighted by Crippen LogP contribution is -2.37. The van der Waals surface area contributed by atoms with Crippen molar-refractivity contribution in [3.63, 3.8) is 0 Å². The number of imidazole rings is 1. The van der Waals surface area contributed by atoms with Crippen molar-refractivity contribution in [3.8, 4) is 0 Å². The summed E-state index contributed by atoms with van der Waals surface area (Å²) in [5.41, 5.74) is 0. The van der Waals surface area contributed by atoms with E-state index in [1.54, 1.807) is 19.3 Å². The molecule has 3 N–H and O–H groups in total. The second-order valence-corrected chi connectivity index (χ2v) is 6.94. The van der Waals surface area contributed by atoms with Crippen LogP contribution in [0.1, 0.15) is 44.5 Å². The molecule has 2 atom stereocenters. The zero-order valence-electron chi connectivity index (χ0n) is 11.2. The molecule has 6 nitrogen and oxygen atoms in total. The number of aromatic amines is 1. The summed E-state index contributed by atoms with van der Waals surface area (Å²) < 4.78 is 26.6. The van der Waals surface area contributed by atoms with E-state index in [0.29, 0.717) is 18.3 Å². The van der Waals surface area contributed by atoms with Crippen LogP contribution in [0.3, 0.4) is 0 Å². The first-order valence-corrected chi connectivity index (χ1v) is 8.45. The second kappa shape index (κ2) is 6.49. The zero-order chi connectivity index (χ0) is 13.7. The molecular formula is C12H22N4O2S. The van der Waals surface area contributed by atoms with Gasteiger partial charge in [0.2, 0.25) is 10.0 Å². The molecular weight excluding hydrogens is 264 g/mol. The Hall–Kier alpha value is -0.920. The van der Waals surface area contributed by atoms with Gasteiger partial charge in [0.05, 0.1) is 11.8 Å². The third-order valence-electron chi connectivity index (χ3n) is 3.43. The Balaban J connectivity index is 1.81. The third-order valence-corrected chi connectivity index (χ3v) is 4.92. The maximum Gasteiger partial charge on any atom is 0.212 e. The second-order valence-electron chi connectivity index (χ2n) is 5.07. The van der Waals surface area contributed by atoms with Crippen molar-refractivity contribution in [2.75, 3.05) is 12.3 Å². The van der Waals surface area contributed by atoms with Gasteiger partial charge in [-0.1, -0.05) is 6.42 Å². The number of nitrogens with zero attached hydrogens (tertiary/aromatic N) is 1. The first-order valence-electron chi connectivity index (χ1n) is 6.79. The van der Waals surface area contributed by atoms with E-state index in [2.05, 4.69) is 20.0 Å². The van der Waals surface area contributed by atoms with Crippen LogP contribution < -0.4 is 10.0 Å². The fourth-order valence-electron chi connectivity index (χ4n) is 2.37. The first kappa shape index (κ1) is 14.5. The maximum absolute atomic E-state index is 12.0. The van der Waals surface area contributed by atoms with Crippen LogP contribution in [-0.4, -0.2) is 36.7 Å². The lowest BCUT2D eigenvalue weighted by Gasteiger charge is -2.23. The minimum Gasteiger partial charge on any atom is -0.347 e. The number of nitrogens with one attached hydrogen (secondary N) is 3. The van der Waals surface area contributed by atoms with Crippen LogP contribution in [0.5, 0.6) is 0 Å². The highest BCUT2D eigenvalue weighted by molar-refractivity contribution is 7.89. The topological polar surface area (TPSA) is 86.9 Å². The van der Waals surface area contributed by atoms with Gasteiger partial charge in [0.25, 0.3) is 0 Å². The van der Waals surface area contributed by atoms with Gasteiger partial charge in [0, 0.05) is 18.4 Å². The Morgan fingerprint density at radius 2 is 2.37 bits per heavy atom. The molecule has 1 saturated heterocycles. The van der Waals surface area contributed by atoms with Crippen LogP contribution in [0.25, 0.3) is 0 Å². The summed E-state index contributed by atoms with van der Waals surface area (Å²) in [5, 5.41) is 3.36. The van der Waals surface area contributed by atoms with Gasteiger partial charge in [-0.05, 0) is 32.7 Å². The van der Waals surface area contributed by atoms with E-state index in [4.69, 9.17) is 0 Å². The molecule has 0 aliphatic carbocycles. The number of rotatable bonds is 6. The van der Waals surface area contributed by atoms with Crippen LogP contribution in [0.15, 0.2) is 12.4 Å². The van der Waals surface area contributed by atoms with E-state index in [-0.39, 0.29) is 11.8 Å². The minimum atomic E-state index is -3.26. The van der Waals surface area contributed by atoms with Crippen LogP contribution in [0.2, 0.25) is 0 Å². The fourth-order valence-corrected chi connectivity index (χ4v) is 3.73. The van der Waals surface area contributed by atoms with E-state index >= 15 is 0 Å². The summed E-state index contributed by atoms with van der Waals surface area (Å²) >= 11 is 0. The SMILES string of the molecule is CC(NS(=O)(=O)CCC1CCCCN1)c1ncc[nH]1. The Bertz CT molecular complexity index is 466. The molecule has 0 aromatic carbocycles. The van der Waals surface area contributed by atoms with Crippen LogP contribution >= 0.6 is 0 Å². The predicted octanol–water partition coefficient (Wildman–Crippen LogP) is 0.922. The zero-order valence-corrected chi connectivity index (χ0v) is 12.0. The summed E-state index contributed by atoms with van der Waals surface area (Å²) in [6.07, 6.45) is 7.42. The molecule has 0 amide bonds. The van der Waals surface area contributed by atoms with E-state index in [0.717, 1.165) is 13.0 Å². The van der Waals surface area contributed by atoms with Gasteiger partial charge in [-0.25, -0.2) is 18.1 Å². The smallest absolute Gasteiger partial charge is 0.212 e. The van der Waals surface area contributed by atoms with Crippen molar-refractivity contribution in [1.82, 2.24) is 20.0 Å². The van der Waals surface area contributed by atoms with Crippen molar-refractivity contribution in [2.45, 2.75) is 44.7 Å². The number of hydrogen-bond donors (Lipinski definition) is 3. The number of H-pyrrole nitrogens is 1. The molecule has 0 radical (unpaired) electrons. The van der Waals surface area contributed by atoms with Crippen molar-refractivity contribution in [1.29, 1.82) is 0 Å². The quantitative estimate of drug-likeness (QED) is 0.726. The molecule has 2 rings (SSSR count). The predicted molar refractivity (Wildman–Crippen MR) is 74.2 cm³/mol. The summed E-state index contributed by atoms with van der Waals surface area (Å²) in [4.78, 5) is 6.97. The molecule has 1 aromatic rings. The van der Waals surface area contributed by atoms with E-state index in [1.807, 2.05) is 0 Å². The minimum absolute atomic E-state index is 0.162. The summed E-state index contributed by atoms with van der Waals surface area (Å²) in [6, 6.07) is 0.0172. The Morgan fingerprint density at radius 3 is 3.00 bits per heavy atom. The third kappa shape index (κ3) is 4.59. The molecule has 2 heterocycles. The molecule has 1 aliphatic heterocycles. The van der Waals surface area contributed by atoms with Crippen molar-refractivity contribution >= 4 is 10.0 Å². The van der Waals surface area contributed by atoms with Crippen molar-refractivity contribution in [2.24, 2.45) is 0 Å². The molecule has 7 heteroatoms. The lowest BCUT2D eigenvalue weighted by atomic mass is 10.0. The van der Waals surface area contributed by atoms with E-state index in [9.17, 15) is 8.42 Å². The molecule has 1 aromatic heterocycles. The first-order chi connectivity index (χ1) is 9.07. The van der Waals surface area contributed by atoms with Crippen molar-refractivity contribution < 1.29 is 8.42 Å². The highest BCUT2D eigenvalue weighted by Crippen LogP contribution is 2.12.